The Kier molecular flexibility index (Phi) is 4.51. The van der Waals surface area contributed by atoms with Gasteiger partial charge in [-0.25, -0.2) is 8.78 Å². The summed E-state index contributed by atoms with van der Waals surface area (Å²) in [6.45, 7) is -0.817. The molecule has 0 aromatic carbocycles. The first-order chi connectivity index (χ1) is 5.39. The van der Waals surface area contributed by atoms with E-state index in [9.17, 15) is 13.2 Å². The lowest BCUT2D eigenvalue weighted by Crippen LogP contribution is -2.44. The van der Waals surface area contributed by atoms with E-state index in [1.807, 2.05) is 0 Å². The molecule has 0 aliphatic heterocycles. The van der Waals surface area contributed by atoms with Gasteiger partial charge >= 0.3 is 5.97 Å². The highest BCUT2D eigenvalue weighted by Crippen LogP contribution is 2.18. The third kappa shape index (κ3) is 3.89. The minimum absolute atomic E-state index is 0.225. The highest BCUT2D eigenvalue weighted by molar-refractivity contribution is 4.73. The van der Waals surface area contributed by atoms with E-state index in [-0.39, 0.29) is 6.42 Å². The van der Waals surface area contributed by atoms with Crippen molar-refractivity contribution < 1.29 is 28.5 Å². The molecule has 2 unspecified atom stereocenters. The van der Waals surface area contributed by atoms with Gasteiger partial charge in [-0.3, -0.25) is 4.39 Å². The molecule has 0 rings (SSSR count). The van der Waals surface area contributed by atoms with Crippen LogP contribution in [-0.4, -0.2) is 40.3 Å². The zero-order chi connectivity index (χ0) is 9.78. The molecule has 0 heterocycles. The van der Waals surface area contributed by atoms with Gasteiger partial charge in [-0.1, -0.05) is 0 Å². The molecule has 3 N–H and O–H groups in total. The fourth-order valence-corrected chi connectivity index (χ4v) is 0.661. The normalized spacial score (nSPS) is 17.5. The Hall–Kier alpha value is -0.330. The molecule has 0 bridgehead atoms. The van der Waals surface area contributed by atoms with Crippen LogP contribution in [0.5, 0.6) is 0 Å². The van der Waals surface area contributed by atoms with Gasteiger partial charge in [0.05, 0.1) is 6.67 Å². The summed E-state index contributed by atoms with van der Waals surface area (Å²) in [6.07, 6.45) is -5.83. The first-order valence-electron chi connectivity index (χ1n) is 3.40. The third-order valence-corrected chi connectivity index (χ3v) is 1.30. The molecule has 0 fully saturated rings. The largest absolute Gasteiger partial charge is 0.341 e. The maximum atomic E-state index is 12.5. The Morgan fingerprint density at radius 3 is 2.00 bits per heavy atom. The summed E-state index contributed by atoms with van der Waals surface area (Å²) in [5.41, 5.74) is 0. The molecule has 6 heteroatoms. The van der Waals surface area contributed by atoms with Gasteiger partial charge < -0.3 is 15.3 Å². The molecule has 0 aromatic rings. The van der Waals surface area contributed by atoms with Gasteiger partial charge in [-0.2, -0.15) is 0 Å². The fourth-order valence-electron chi connectivity index (χ4n) is 0.661. The van der Waals surface area contributed by atoms with Gasteiger partial charge in [-0.05, 0) is 12.8 Å². The molecular formula is C6H11F3O3. The summed E-state index contributed by atoms with van der Waals surface area (Å²) >= 11 is 0. The van der Waals surface area contributed by atoms with Gasteiger partial charge in [0.15, 0.2) is 0 Å². The summed E-state index contributed by atoms with van der Waals surface area (Å²) in [7, 11) is 0. The number of hydrogen-bond donors (Lipinski definition) is 3. The van der Waals surface area contributed by atoms with Crippen molar-refractivity contribution in [1.82, 2.24) is 0 Å². The van der Waals surface area contributed by atoms with Crippen LogP contribution < -0.4 is 0 Å². The number of aliphatic hydroxyl groups is 3. The molecule has 0 aliphatic carbocycles. The monoisotopic (exact) mass is 188 g/mol. The molecule has 0 aliphatic rings. The first kappa shape index (κ1) is 11.7. The zero-order valence-electron chi connectivity index (χ0n) is 6.25. The number of alkyl halides is 3. The molecule has 0 saturated carbocycles. The smallest absolute Gasteiger partial charge is 0.311 e. The predicted molar refractivity (Wildman–Crippen MR) is 34.4 cm³/mol. The van der Waals surface area contributed by atoms with Crippen molar-refractivity contribution in [3.8, 4) is 0 Å². The highest BCUT2D eigenvalue weighted by atomic mass is 19.2. The van der Waals surface area contributed by atoms with Crippen molar-refractivity contribution in [3.63, 3.8) is 0 Å². The van der Waals surface area contributed by atoms with Crippen LogP contribution in [0, 0.1) is 0 Å². The van der Waals surface area contributed by atoms with Crippen LogP contribution in [0.15, 0.2) is 0 Å². The standard InChI is InChI=1S/C6H11F3O3/c7-3-1-2-4(8)5(9)6(10,11)12/h4-5,10-12H,1-3H2. The molecule has 0 amide bonds. The van der Waals surface area contributed by atoms with Gasteiger partial charge in [0, 0.05) is 0 Å². The van der Waals surface area contributed by atoms with Gasteiger partial charge in [0.1, 0.15) is 6.17 Å². The van der Waals surface area contributed by atoms with Crippen molar-refractivity contribution in [1.29, 1.82) is 0 Å². The van der Waals surface area contributed by atoms with Crippen LogP contribution in [0.4, 0.5) is 13.2 Å². The maximum absolute atomic E-state index is 12.5. The summed E-state index contributed by atoms with van der Waals surface area (Å²) in [5.74, 6) is -3.68. The molecule has 0 spiro atoms. The summed E-state index contributed by atoms with van der Waals surface area (Å²) in [4.78, 5) is 0. The van der Waals surface area contributed by atoms with E-state index in [2.05, 4.69) is 0 Å². The third-order valence-electron chi connectivity index (χ3n) is 1.30. The van der Waals surface area contributed by atoms with E-state index in [0.717, 1.165) is 0 Å². The van der Waals surface area contributed by atoms with Crippen molar-refractivity contribution >= 4 is 0 Å². The van der Waals surface area contributed by atoms with Gasteiger partial charge in [0.25, 0.3) is 0 Å². The Morgan fingerprint density at radius 2 is 1.67 bits per heavy atom. The number of rotatable bonds is 5. The fraction of sp³-hybridized carbons (Fsp3) is 1.00. The lowest BCUT2D eigenvalue weighted by Gasteiger charge is -2.21. The molecular weight excluding hydrogens is 177 g/mol. The number of halogens is 3. The summed E-state index contributed by atoms with van der Waals surface area (Å²) in [6, 6.07) is 0. The topological polar surface area (TPSA) is 60.7 Å². The number of hydrogen-bond acceptors (Lipinski definition) is 3. The molecule has 0 saturated heterocycles. The minimum atomic E-state index is -3.68. The van der Waals surface area contributed by atoms with Crippen molar-refractivity contribution in [2.45, 2.75) is 31.2 Å². The molecule has 0 aromatic heterocycles. The van der Waals surface area contributed by atoms with Crippen LogP contribution in [0.25, 0.3) is 0 Å². The lowest BCUT2D eigenvalue weighted by atomic mass is 10.1. The SMILES string of the molecule is OC(O)(O)C(F)C(F)CCCF. The average molecular weight is 188 g/mol. The van der Waals surface area contributed by atoms with E-state index in [0.29, 0.717) is 0 Å². The summed E-state index contributed by atoms with van der Waals surface area (Å²) in [5, 5.41) is 24.5. The second-order valence-corrected chi connectivity index (χ2v) is 2.44. The summed E-state index contributed by atoms with van der Waals surface area (Å²) < 4.78 is 36.3. The quantitative estimate of drug-likeness (QED) is 0.534. The van der Waals surface area contributed by atoms with Crippen molar-refractivity contribution in [2.24, 2.45) is 0 Å². The Bertz CT molecular complexity index is 126. The molecule has 74 valence electrons. The van der Waals surface area contributed by atoms with Crippen LogP contribution in [-0.2, 0) is 0 Å². The minimum Gasteiger partial charge on any atom is -0.341 e. The molecule has 3 nitrogen and oxygen atoms in total. The Morgan fingerprint density at radius 1 is 1.17 bits per heavy atom. The Labute approximate surface area is 67.4 Å². The second kappa shape index (κ2) is 4.64. The van der Waals surface area contributed by atoms with Crippen LogP contribution in [0.3, 0.4) is 0 Å². The predicted octanol–water partition coefficient (Wildman–Crippen LogP) is 0.0430. The van der Waals surface area contributed by atoms with E-state index in [4.69, 9.17) is 15.3 Å². The van der Waals surface area contributed by atoms with Crippen molar-refractivity contribution in [2.75, 3.05) is 6.67 Å². The average Bonchev–Trinajstić information content (AvgIpc) is 1.97. The molecule has 12 heavy (non-hydrogen) atoms. The van der Waals surface area contributed by atoms with Gasteiger partial charge in [-0.15, -0.1) is 0 Å². The van der Waals surface area contributed by atoms with E-state index >= 15 is 0 Å². The van der Waals surface area contributed by atoms with Crippen molar-refractivity contribution in [3.05, 3.63) is 0 Å². The van der Waals surface area contributed by atoms with Crippen LogP contribution >= 0.6 is 0 Å². The molecule has 2 atom stereocenters. The van der Waals surface area contributed by atoms with Crippen LogP contribution in [0.2, 0.25) is 0 Å². The van der Waals surface area contributed by atoms with E-state index in [1.165, 1.54) is 0 Å². The lowest BCUT2D eigenvalue weighted by molar-refractivity contribution is -0.349. The maximum Gasteiger partial charge on any atom is 0.311 e. The van der Waals surface area contributed by atoms with Gasteiger partial charge in [0.2, 0.25) is 6.17 Å². The zero-order valence-corrected chi connectivity index (χ0v) is 6.25. The van der Waals surface area contributed by atoms with E-state index < -0.39 is 31.4 Å². The molecule has 0 radical (unpaired) electrons. The van der Waals surface area contributed by atoms with E-state index in [1.54, 1.807) is 0 Å². The highest BCUT2D eigenvalue weighted by Gasteiger charge is 2.39. The second-order valence-electron chi connectivity index (χ2n) is 2.44. The first-order valence-corrected chi connectivity index (χ1v) is 3.40. The van der Waals surface area contributed by atoms with Crippen LogP contribution in [0.1, 0.15) is 12.8 Å². The Balaban J connectivity index is 3.84.